The van der Waals surface area contributed by atoms with E-state index in [1.165, 1.54) is 18.2 Å². The number of piperazine rings is 1. The molecule has 1 N–H and O–H groups in total. The first-order valence-corrected chi connectivity index (χ1v) is 10.7. The van der Waals surface area contributed by atoms with Crippen LogP contribution in [-0.4, -0.2) is 53.8 Å². The first-order chi connectivity index (χ1) is 15.2. The number of amides is 2. The Bertz CT molecular complexity index is 974. The minimum atomic E-state index is -0.981. The molecule has 2 aromatic carbocycles. The highest BCUT2D eigenvalue weighted by molar-refractivity contribution is 6.31. The number of halogens is 4. The maximum Gasteiger partial charge on any atom is 0.257 e. The van der Waals surface area contributed by atoms with Gasteiger partial charge in [0.15, 0.2) is 0 Å². The summed E-state index contributed by atoms with van der Waals surface area (Å²) in [5.74, 6) is -3.90. The smallest absolute Gasteiger partial charge is 0.257 e. The number of nitrogens with one attached hydrogen (secondary N) is 1. The quantitative estimate of drug-likeness (QED) is 0.702. The van der Waals surface area contributed by atoms with Crippen LogP contribution in [0.3, 0.4) is 0 Å². The normalized spacial score (nSPS) is 15.7. The van der Waals surface area contributed by atoms with Crippen molar-refractivity contribution in [3.8, 4) is 0 Å². The molecule has 1 aliphatic rings. The molecule has 0 aromatic heterocycles. The highest BCUT2D eigenvalue weighted by Gasteiger charge is 2.32. The van der Waals surface area contributed by atoms with Crippen LogP contribution in [0.1, 0.15) is 29.8 Å². The molecule has 1 aliphatic heterocycles. The van der Waals surface area contributed by atoms with Crippen molar-refractivity contribution in [2.24, 2.45) is 5.92 Å². The number of carbonyl (C=O) groups excluding carboxylic acids is 2. The molecule has 1 atom stereocenters. The van der Waals surface area contributed by atoms with Crippen LogP contribution in [0.25, 0.3) is 0 Å². The summed E-state index contributed by atoms with van der Waals surface area (Å²) in [6.07, 6.45) is 0. The Hall–Kier alpha value is -2.58. The molecule has 1 saturated heterocycles. The van der Waals surface area contributed by atoms with Gasteiger partial charge >= 0.3 is 0 Å². The van der Waals surface area contributed by atoms with E-state index in [0.29, 0.717) is 37.7 Å². The Morgan fingerprint density at radius 1 is 1.03 bits per heavy atom. The van der Waals surface area contributed by atoms with Crippen molar-refractivity contribution in [2.45, 2.75) is 26.4 Å². The van der Waals surface area contributed by atoms with E-state index in [4.69, 9.17) is 11.6 Å². The van der Waals surface area contributed by atoms with Gasteiger partial charge in [-0.3, -0.25) is 14.5 Å². The van der Waals surface area contributed by atoms with E-state index in [2.05, 4.69) is 10.2 Å². The highest BCUT2D eigenvalue weighted by atomic mass is 35.5. The first-order valence-electron chi connectivity index (χ1n) is 10.4. The standard InChI is InChI=1S/C23H25ClF3N3O2/c1-14(2)21(28-22(31)20-18(26)4-3-5-19(20)27)23(32)30-10-8-29(9-11-30)13-15-6-7-16(25)12-17(15)24/h3-7,12,14,21H,8-11,13H2,1-2H3,(H,28,31)/t21-/m0/s1. The zero-order valence-electron chi connectivity index (χ0n) is 17.9. The van der Waals surface area contributed by atoms with Crippen molar-refractivity contribution >= 4 is 23.4 Å². The molecule has 32 heavy (non-hydrogen) atoms. The summed E-state index contributed by atoms with van der Waals surface area (Å²) < 4.78 is 41.1. The van der Waals surface area contributed by atoms with Crippen LogP contribution >= 0.6 is 11.6 Å². The number of nitrogens with zero attached hydrogens (tertiary/aromatic N) is 2. The maximum absolute atomic E-state index is 13.9. The van der Waals surface area contributed by atoms with E-state index >= 15 is 0 Å². The number of benzene rings is 2. The van der Waals surface area contributed by atoms with Gasteiger partial charge in [-0.2, -0.15) is 0 Å². The minimum Gasteiger partial charge on any atom is -0.340 e. The minimum absolute atomic E-state index is 0.280. The lowest BCUT2D eigenvalue weighted by atomic mass is 10.0. The van der Waals surface area contributed by atoms with E-state index in [1.807, 2.05) is 0 Å². The number of hydrogen-bond acceptors (Lipinski definition) is 3. The predicted octanol–water partition coefficient (Wildman–Crippen LogP) is 3.86. The molecular weight excluding hydrogens is 443 g/mol. The third kappa shape index (κ3) is 5.61. The molecule has 0 unspecified atom stereocenters. The zero-order chi connectivity index (χ0) is 23.4. The summed E-state index contributed by atoms with van der Waals surface area (Å²) in [5, 5.41) is 2.85. The average Bonchev–Trinajstić information content (AvgIpc) is 2.74. The Morgan fingerprint density at radius 3 is 2.22 bits per heavy atom. The van der Waals surface area contributed by atoms with Gasteiger partial charge < -0.3 is 10.2 Å². The topological polar surface area (TPSA) is 52.7 Å². The number of carbonyl (C=O) groups is 2. The van der Waals surface area contributed by atoms with Gasteiger partial charge in [-0.05, 0) is 35.7 Å². The molecule has 172 valence electrons. The van der Waals surface area contributed by atoms with Gasteiger partial charge in [0.1, 0.15) is 29.1 Å². The Kier molecular flexibility index (Phi) is 7.79. The molecule has 0 bridgehead atoms. The zero-order valence-corrected chi connectivity index (χ0v) is 18.6. The van der Waals surface area contributed by atoms with Gasteiger partial charge in [0.25, 0.3) is 5.91 Å². The molecule has 0 aliphatic carbocycles. The molecule has 0 saturated carbocycles. The second kappa shape index (κ2) is 10.4. The second-order valence-corrected chi connectivity index (χ2v) is 8.54. The third-order valence-corrected chi connectivity index (χ3v) is 5.85. The predicted molar refractivity (Wildman–Crippen MR) is 116 cm³/mol. The molecule has 5 nitrogen and oxygen atoms in total. The van der Waals surface area contributed by atoms with Gasteiger partial charge in [0, 0.05) is 37.7 Å². The lowest BCUT2D eigenvalue weighted by Crippen LogP contribution is -2.56. The van der Waals surface area contributed by atoms with E-state index < -0.39 is 35.0 Å². The van der Waals surface area contributed by atoms with Crippen LogP contribution < -0.4 is 5.32 Å². The monoisotopic (exact) mass is 467 g/mol. The van der Waals surface area contributed by atoms with Crippen LogP contribution in [0.15, 0.2) is 36.4 Å². The number of hydrogen-bond donors (Lipinski definition) is 1. The third-order valence-electron chi connectivity index (χ3n) is 5.50. The highest BCUT2D eigenvalue weighted by Crippen LogP contribution is 2.20. The van der Waals surface area contributed by atoms with Gasteiger partial charge in [0.05, 0.1) is 0 Å². The molecular formula is C23H25ClF3N3O2. The summed E-state index contributed by atoms with van der Waals surface area (Å²) in [6, 6.07) is 6.51. The van der Waals surface area contributed by atoms with Crippen LogP contribution in [0, 0.1) is 23.4 Å². The average molecular weight is 468 g/mol. The lowest BCUT2D eigenvalue weighted by Gasteiger charge is -2.37. The fraction of sp³-hybridized carbons (Fsp3) is 0.391. The first kappa shape index (κ1) is 24.1. The fourth-order valence-electron chi connectivity index (χ4n) is 3.66. The maximum atomic E-state index is 13.9. The van der Waals surface area contributed by atoms with E-state index in [0.717, 1.165) is 17.7 Å². The molecule has 9 heteroatoms. The molecule has 2 aromatic rings. The van der Waals surface area contributed by atoms with Crippen LogP contribution in [0.4, 0.5) is 13.2 Å². The summed E-state index contributed by atoms with van der Waals surface area (Å²) in [7, 11) is 0. The fourth-order valence-corrected chi connectivity index (χ4v) is 3.88. The summed E-state index contributed by atoms with van der Waals surface area (Å²) in [4.78, 5) is 29.3. The van der Waals surface area contributed by atoms with Crippen LogP contribution in [-0.2, 0) is 11.3 Å². The van der Waals surface area contributed by atoms with E-state index in [-0.39, 0.29) is 11.8 Å². The molecule has 0 spiro atoms. The van der Waals surface area contributed by atoms with Gasteiger partial charge in [-0.15, -0.1) is 0 Å². The Morgan fingerprint density at radius 2 is 1.66 bits per heavy atom. The van der Waals surface area contributed by atoms with Crippen molar-refractivity contribution in [1.82, 2.24) is 15.1 Å². The Balaban J connectivity index is 1.62. The molecule has 1 heterocycles. The van der Waals surface area contributed by atoms with E-state index in [9.17, 15) is 22.8 Å². The van der Waals surface area contributed by atoms with Crippen molar-refractivity contribution in [2.75, 3.05) is 26.2 Å². The van der Waals surface area contributed by atoms with Crippen molar-refractivity contribution in [3.05, 3.63) is 70.0 Å². The lowest BCUT2D eigenvalue weighted by molar-refractivity contribution is -0.136. The molecule has 1 fully saturated rings. The Labute approximate surface area is 190 Å². The molecule has 3 rings (SSSR count). The van der Waals surface area contributed by atoms with Crippen molar-refractivity contribution < 1.29 is 22.8 Å². The molecule has 2 amide bonds. The SMILES string of the molecule is CC(C)[C@H](NC(=O)c1c(F)cccc1F)C(=O)N1CCN(Cc2ccc(F)cc2Cl)CC1. The summed E-state index contributed by atoms with van der Waals surface area (Å²) in [5.41, 5.74) is 0.0963. The second-order valence-electron chi connectivity index (χ2n) is 8.13. The number of rotatable bonds is 6. The molecule has 0 radical (unpaired) electrons. The van der Waals surface area contributed by atoms with Gasteiger partial charge in [-0.1, -0.05) is 37.6 Å². The van der Waals surface area contributed by atoms with Gasteiger partial charge in [0.2, 0.25) is 5.91 Å². The van der Waals surface area contributed by atoms with Gasteiger partial charge in [-0.25, -0.2) is 13.2 Å². The van der Waals surface area contributed by atoms with Crippen molar-refractivity contribution in [1.29, 1.82) is 0 Å². The van der Waals surface area contributed by atoms with Crippen molar-refractivity contribution in [3.63, 3.8) is 0 Å². The largest absolute Gasteiger partial charge is 0.340 e. The summed E-state index contributed by atoms with van der Waals surface area (Å²) >= 11 is 6.10. The van der Waals surface area contributed by atoms with Crippen LogP contribution in [0.2, 0.25) is 5.02 Å². The summed E-state index contributed by atoms with van der Waals surface area (Å²) in [6.45, 7) is 6.02. The van der Waals surface area contributed by atoms with E-state index in [1.54, 1.807) is 24.8 Å². The van der Waals surface area contributed by atoms with Crippen LogP contribution in [0.5, 0.6) is 0 Å².